The van der Waals surface area contributed by atoms with Gasteiger partial charge in [-0.2, -0.15) is 0 Å². The van der Waals surface area contributed by atoms with Crippen LogP contribution in [-0.4, -0.2) is 30.6 Å². The number of rotatable bonds is 4. The molecule has 1 aromatic rings. The van der Waals surface area contributed by atoms with E-state index in [1.165, 1.54) is 17.7 Å². The van der Waals surface area contributed by atoms with Gasteiger partial charge in [0.1, 0.15) is 0 Å². The van der Waals surface area contributed by atoms with Gasteiger partial charge in [0.2, 0.25) is 0 Å². The van der Waals surface area contributed by atoms with Crippen LogP contribution in [0.25, 0.3) is 0 Å². The Bertz CT molecular complexity index is 342. The molecule has 2 nitrogen and oxygen atoms in total. The van der Waals surface area contributed by atoms with Crippen molar-refractivity contribution in [3.05, 3.63) is 35.4 Å². The Morgan fingerprint density at radius 2 is 2.00 bits per heavy atom. The Kier molecular flexibility index (Phi) is 4.19. The number of likely N-dealkylation sites (tertiary alicyclic amines) is 1. The summed E-state index contributed by atoms with van der Waals surface area (Å²) in [7, 11) is 0. The molecule has 0 saturated carbocycles. The molecule has 1 saturated heterocycles. The highest BCUT2D eigenvalue weighted by molar-refractivity contribution is 5.24. The van der Waals surface area contributed by atoms with E-state index in [9.17, 15) is 0 Å². The molecule has 0 aliphatic carbocycles. The summed E-state index contributed by atoms with van der Waals surface area (Å²) >= 11 is 0. The molecule has 94 valence electrons. The number of benzene rings is 1. The lowest BCUT2D eigenvalue weighted by Crippen LogP contribution is -2.28. The van der Waals surface area contributed by atoms with Gasteiger partial charge in [-0.3, -0.25) is 0 Å². The molecular weight excluding hydrogens is 208 g/mol. The van der Waals surface area contributed by atoms with Crippen molar-refractivity contribution in [3.63, 3.8) is 0 Å². The molecule has 0 amide bonds. The van der Waals surface area contributed by atoms with Crippen molar-refractivity contribution in [3.8, 4) is 0 Å². The van der Waals surface area contributed by atoms with Crippen LogP contribution < -0.4 is 5.73 Å². The monoisotopic (exact) mass is 232 g/mol. The van der Waals surface area contributed by atoms with Crippen LogP contribution in [0.3, 0.4) is 0 Å². The summed E-state index contributed by atoms with van der Waals surface area (Å²) in [6, 6.07) is 9.46. The van der Waals surface area contributed by atoms with Crippen LogP contribution in [0.4, 0.5) is 0 Å². The standard InChI is InChI=1S/C15H24N2/c1-12(2)14-5-3-13(4-6-14)7-9-17-10-8-15(16)11-17/h3-6,12,15H,7-11,16H2,1-2H3. The summed E-state index contributed by atoms with van der Waals surface area (Å²) in [6.07, 6.45) is 2.30. The van der Waals surface area contributed by atoms with Gasteiger partial charge in [0.05, 0.1) is 0 Å². The molecule has 2 rings (SSSR count). The van der Waals surface area contributed by atoms with E-state index >= 15 is 0 Å². The Hall–Kier alpha value is -0.860. The first-order chi connectivity index (χ1) is 8.15. The first kappa shape index (κ1) is 12.6. The fourth-order valence-corrected chi connectivity index (χ4v) is 2.42. The highest BCUT2D eigenvalue weighted by Crippen LogP contribution is 2.15. The molecule has 1 aromatic carbocycles. The molecule has 0 aromatic heterocycles. The molecule has 17 heavy (non-hydrogen) atoms. The van der Waals surface area contributed by atoms with Gasteiger partial charge in [-0.25, -0.2) is 0 Å². The molecule has 0 bridgehead atoms. The van der Waals surface area contributed by atoms with Crippen molar-refractivity contribution >= 4 is 0 Å². The van der Waals surface area contributed by atoms with E-state index < -0.39 is 0 Å². The number of hydrogen-bond acceptors (Lipinski definition) is 2. The zero-order valence-electron chi connectivity index (χ0n) is 11.0. The van der Waals surface area contributed by atoms with Crippen molar-refractivity contribution in [1.82, 2.24) is 4.90 Å². The molecule has 1 aliphatic heterocycles. The summed E-state index contributed by atoms with van der Waals surface area (Å²) in [5.41, 5.74) is 8.77. The fraction of sp³-hybridized carbons (Fsp3) is 0.600. The van der Waals surface area contributed by atoms with E-state index in [2.05, 4.69) is 43.0 Å². The Labute approximate surface area is 105 Å². The van der Waals surface area contributed by atoms with Crippen LogP contribution in [0.15, 0.2) is 24.3 Å². The van der Waals surface area contributed by atoms with Gasteiger partial charge in [0, 0.05) is 19.1 Å². The maximum absolute atomic E-state index is 5.91. The second kappa shape index (κ2) is 5.65. The Morgan fingerprint density at radius 3 is 2.53 bits per heavy atom. The lowest BCUT2D eigenvalue weighted by Gasteiger charge is -2.15. The molecule has 0 spiro atoms. The minimum Gasteiger partial charge on any atom is -0.326 e. The smallest absolute Gasteiger partial charge is 0.0180 e. The summed E-state index contributed by atoms with van der Waals surface area (Å²) in [5, 5.41) is 0. The average molecular weight is 232 g/mol. The fourth-order valence-electron chi connectivity index (χ4n) is 2.42. The van der Waals surface area contributed by atoms with Crippen molar-refractivity contribution < 1.29 is 0 Å². The first-order valence-electron chi connectivity index (χ1n) is 6.72. The third kappa shape index (κ3) is 3.55. The van der Waals surface area contributed by atoms with Gasteiger partial charge in [-0.15, -0.1) is 0 Å². The van der Waals surface area contributed by atoms with Gasteiger partial charge in [-0.05, 0) is 36.4 Å². The quantitative estimate of drug-likeness (QED) is 0.863. The summed E-state index contributed by atoms with van der Waals surface area (Å²) < 4.78 is 0. The predicted molar refractivity (Wildman–Crippen MR) is 73.3 cm³/mol. The molecule has 1 atom stereocenters. The predicted octanol–water partition coefficient (Wildman–Crippen LogP) is 2.39. The third-order valence-corrected chi connectivity index (χ3v) is 3.67. The Morgan fingerprint density at radius 1 is 1.29 bits per heavy atom. The van der Waals surface area contributed by atoms with Crippen LogP contribution in [0, 0.1) is 0 Å². The molecule has 2 N–H and O–H groups in total. The number of hydrogen-bond donors (Lipinski definition) is 1. The first-order valence-corrected chi connectivity index (χ1v) is 6.72. The van der Waals surface area contributed by atoms with Crippen LogP contribution in [-0.2, 0) is 6.42 Å². The lowest BCUT2D eigenvalue weighted by atomic mass is 10.0. The van der Waals surface area contributed by atoms with Crippen molar-refractivity contribution in [2.75, 3.05) is 19.6 Å². The largest absolute Gasteiger partial charge is 0.326 e. The zero-order chi connectivity index (χ0) is 12.3. The number of nitrogens with zero attached hydrogens (tertiary/aromatic N) is 1. The van der Waals surface area contributed by atoms with E-state index in [0.29, 0.717) is 12.0 Å². The van der Waals surface area contributed by atoms with Gasteiger partial charge in [-0.1, -0.05) is 38.1 Å². The van der Waals surface area contributed by atoms with Crippen molar-refractivity contribution in [2.45, 2.75) is 38.6 Å². The van der Waals surface area contributed by atoms with Gasteiger partial charge < -0.3 is 10.6 Å². The van der Waals surface area contributed by atoms with E-state index in [1.807, 2.05) is 0 Å². The third-order valence-electron chi connectivity index (χ3n) is 3.67. The van der Waals surface area contributed by atoms with E-state index in [0.717, 1.165) is 25.9 Å². The average Bonchev–Trinajstić information content (AvgIpc) is 2.73. The molecule has 1 heterocycles. The van der Waals surface area contributed by atoms with Crippen LogP contribution in [0.1, 0.15) is 37.3 Å². The topological polar surface area (TPSA) is 29.3 Å². The molecule has 1 unspecified atom stereocenters. The zero-order valence-corrected chi connectivity index (χ0v) is 11.0. The van der Waals surface area contributed by atoms with Crippen LogP contribution in [0.2, 0.25) is 0 Å². The maximum Gasteiger partial charge on any atom is 0.0180 e. The normalized spacial score (nSPS) is 21.3. The highest BCUT2D eigenvalue weighted by Gasteiger charge is 2.18. The molecular formula is C15H24N2. The van der Waals surface area contributed by atoms with E-state index in [1.54, 1.807) is 0 Å². The number of nitrogens with two attached hydrogens (primary N) is 1. The maximum atomic E-state index is 5.91. The molecule has 2 heteroatoms. The van der Waals surface area contributed by atoms with E-state index in [4.69, 9.17) is 5.73 Å². The summed E-state index contributed by atoms with van der Waals surface area (Å²) in [4.78, 5) is 2.47. The van der Waals surface area contributed by atoms with Gasteiger partial charge >= 0.3 is 0 Å². The minimum absolute atomic E-state index is 0.401. The molecule has 1 aliphatic rings. The molecule has 0 radical (unpaired) electrons. The second-order valence-corrected chi connectivity index (χ2v) is 5.50. The highest BCUT2D eigenvalue weighted by atomic mass is 15.2. The second-order valence-electron chi connectivity index (χ2n) is 5.50. The van der Waals surface area contributed by atoms with Crippen LogP contribution >= 0.6 is 0 Å². The molecule has 1 fully saturated rings. The van der Waals surface area contributed by atoms with Crippen molar-refractivity contribution in [2.24, 2.45) is 5.73 Å². The minimum atomic E-state index is 0.401. The van der Waals surface area contributed by atoms with Crippen molar-refractivity contribution in [1.29, 1.82) is 0 Å². The van der Waals surface area contributed by atoms with Crippen LogP contribution in [0.5, 0.6) is 0 Å². The van der Waals surface area contributed by atoms with Gasteiger partial charge in [0.25, 0.3) is 0 Å². The summed E-state index contributed by atoms with van der Waals surface area (Å²) in [6.45, 7) is 7.87. The van der Waals surface area contributed by atoms with Gasteiger partial charge in [0.15, 0.2) is 0 Å². The van der Waals surface area contributed by atoms with E-state index in [-0.39, 0.29) is 0 Å². The SMILES string of the molecule is CC(C)c1ccc(CCN2CCC(N)C2)cc1. The summed E-state index contributed by atoms with van der Waals surface area (Å²) in [5.74, 6) is 0.626. The lowest BCUT2D eigenvalue weighted by molar-refractivity contribution is 0.339. The Balaban J connectivity index is 1.83.